The molecule has 0 bridgehead atoms. The number of aliphatic hydroxyl groups excluding tert-OH is 1. The molecule has 0 unspecified atom stereocenters. The number of rotatable bonds is 3. The predicted molar refractivity (Wildman–Crippen MR) is 116 cm³/mol. The molecule has 1 aromatic heterocycles. The van der Waals surface area contributed by atoms with E-state index in [0.717, 1.165) is 31.6 Å². The number of benzene rings is 1. The fourth-order valence-corrected chi connectivity index (χ4v) is 5.06. The summed E-state index contributed by atoms with van der Waals surface area (Å²) in [6.07, 6.45) is 1.91. The maximum atomic E-state index is 14.7. The molecule has 3 aliphatic heterocycles. The van der Waals surface area contributed by atoms with Crippen LogP contribution in [0.3, 0.4) is 0 Å². The van der Waals surface area contributed by atoms with Gasteiger partial charge in [0, 0.05) is 30.1 Å². The third-order valence-electron chi connectivity index (χ3n) is 7.13. The first-order valence-corrected chi connectivity index (χ1v) is 10.9. The number of aliphatic hydroxyl groups is 1. The van der Waals surface area contributed by atoms with Crippen LogP contribution in [0.5, 0.6) is 0 Å². The average Bonchev–Trinajstić information content (AvgIpc) is 3.32. The molecule has 8 heteroatoms. The fourth-order valence-electron chi connectivity index (χ4n) is 5.06. The van der Waals surface area contributed by atoms with Gasteiger partial charge in [-0.3, -0.25) is 4.99 Å². The van der Waals surface area contributed by atoms with Crippen molar-refractivity contribution in [2.24, 2.45) is 16.1 Å². The third-order valence-corrected chi connectivity index (χ3v) is 7.13. The lowest BCUT2D eigenvalue weighted by atomic mass is 9.73. The van der Waals surface area contributed by atoms with Crippen molar-refractivity contribution in [1.82, 2.24) is 9.97 Å². The first-order valence-electron chi connectivity index (χ1n) is 10.9. The number of aryl methyl sites for hydroxylation is 1. The van der Waals surface area contributed by atoms with Gasteiger partial charge in [-0.15, -0.1) is 0 Å². The molecule has 4 heterocycles. The van der Waals surface area contributed by atoms with Gasteiger partial charge in [-0.25, -0.2) is 14.4 Å². The Morgan fingerprint density at radius 1 is 1.29 bits per heavy atom. The minimum Gasteiger partial charge on any atom is -0.390 e. The monoisotopic (exact) mass is 425 g/mol. The van der Waals surface area contributed by atoms with E-state index in [0.29, 0.717) is 47.2 Å². The van der Waals surface area contributed by atoms with Crippen molar-refractivity contribution in [3.05, 3.63) is 52.2 Å². The van der Waals surface area contributed by atoms with Crippen LogP contribution in [0.2, 0.25) is 0 Å². The van der Waals surface area contributed by atoms with Gasteiger partial charge in [0.15, 0.2) is 5.82 Å². The molecule has 1 spiro atoms. The number of aliphatic imine (C=N–C) groups is 1. The van der Waals surface area contributed by atoms with Crippen LogP contribution in [0.1, 0.15) is 48.0 Å². The standard InChI is InChI=1S/C23H28FN5O2/c1-13-4-3-5-15(18(13)24)19-20-16(10-26-19)28-22(17(11-30)27-20)29-8-6-23(7-9-29)12-31-14(2)21(23)25/h3-5,14,21,30H,6-12,25H2,1-2H3/t14-,21+/m0/s1. The zero-order valence-electron chi connectivity index (χ0n) is 17.9. The number of fused-ring (bicyclic) bond motifs is 1. The minimum absolute atomic E-state index is 0.0123. The maximum Gasteiger partial charge on any atom is 0.153 e. The fraction of sp³-hybridized carbons (Fsp3) is 0.522. The van der Waals surface area contributed by atoms with E-state index in [1.54, 1.807) is 19.1 Å². The molecular weight excluding hydrogens is 397 g/mol. The van der Waals surface area contributed by atoms with E-state index in [4.69, 9.17) is 20.4 Å². The number of ether oxygens (including phenoxy) is 1. The first kappa shape index (κ1) is 20.5. The van der Waals surface area contributed by atoms with Crippen LogP contribution in [-0.2, 0) is 17.9 Å². The molecule has 31 heavy (non-hydrogen) atoms. The number of nitrogens with two attached hydrogens (primary N) is 1. The van der Waals surface area contributed by atoms with Gasteiger partial charge in [0.05, 0.1) is 37.3 Å². The van der Waals surface area contributed by atoms with Crippen LogP contribution in [0.15, 0.2) is 23.2 Å². The summed E-state index contributed by atoms with van der Waals surface area (Å²) in [5.74, 6) is 0.397. The lowest BCUT2D eigenvalue weighted by Gasteiger charge is -2.42. The second kappa shape index (κ2) is 7.62. The van der Waals surface area contributed by atoms with Gasteiger partial charge in [0.1, 0.15) is 17.2 Å². The molecule has 2 aromatic rings. The van der Waals surface area contributed by atoms with Crippen molar-refractivity contribution in [2.45, 2.75) is 52.0 Å². The van der Waals surface area contributed by atoms with E-state index in [9.17, 15) is 9.50 Å². The Morgan fingerprint density at radius 2 is 2.06 bits per heavy atom. The number of anilines is 1. The van der Waals surface area contributed by atoms with Crippen LogP contribution in [0.25, 0.3) is 0 Å². The topological polar surface area (TPSA) is 96.9 Å². The Kier molecular flexibility index (Phi) is 5.03. The Hall–Kier alpha value is -2.42. The summed E-state index contributed by atoms with van der Waals surface area (Å²) in [4.78, 5) is 16.2. The lowest BCUT2D eigenvalue weighted by Crippen LogP contribution is -2.51. The van der Waals surface area contributed by atoms with E-state index >= 15 is 0 Å². The smallest absolute Gasteiger partial charge is 0.153 e. The van der Waals surface area contributed by atoms with Gasteiger partial charge >= 0.3 is 0 Å². The Balaban J connectivity index is 1.43. The molecule has 2 atom stereocenters. The molecule has 0 amide bonds. The van der Waals surface area contributed by atoms with Crippen LogP contribution in [-0.4, -0.2) is 52.6 Å². The van der Waals surface area contributed by atoms with Gasteiger partial charge < -0.3 is 20.5 Å². The van der Waals surface area contributed by atoms with Crippen LogP contribution in [0, 0.1) is 18.2 Å². The lowest BCUT2D eigenvalue weighted by molar-refractivity contribution is 0.0973. The molecule has 7 nitrogen and oxygen atoms in total. The summed E-state index contributed by atoms with van der Waals surface area (Å²) in [6, 6.07) is 5.29. The van der Waals surface area contributed by atoms with E-state index < -0.39 is 0 Å². The Bertz CT molecular complexity index is 1050. The van der Waals surface area contributed by atoms with Gasteiger partial charge in [-0.1, -0.05) is 12.1 Å². The highest BCUT2D eigenvalue weighted by molar-refractivity contribution is 6.14. The van der Waals surface area contributed by atoms with Crippen molar-refractivity contribution in [3.63, 3.8) is 0 Å². The molecular formula is C23H28FN5O2. The highest BCUT2D eigenvalue weighted by Crippen LogP contribution is 2.42. The molecule has 5 rings (SSSR count). The van der Waals surface area contributed by atoms with Gasteiger partial charge in [0.2, 0.25) is 0 Å². The molecule has 3 N–H and O–H groups in total. The molecule has 2 saturated heterocycles. The van der Waals surface area contributed by atoms with Crippen LogP contribution < -0.4 is 10.6 Å². The third kappa shape index (κ3) is 3.24. The highest BCUT2D eigenvalue weighted by atomic mass is 19.1. The highest BCUT2D eigenvalue weighted by Gasteiger charge is 2.47. The summed E-state index contributed by atoms with van der Waals surface area (Å²) >= 11 is 0. The molecule has 164 valence electrons. The van der Waals surface area contributed by atoms with E-state index in [-0.39, 0.29) is 30.0 Å². The molecule has 1 aromatic carbocycles. The maximum absolute atomic E-state index is 14.7. The molecule has 2 fully saturated rings. The van der Waals surface area contributed by atoms with E-state index in [1.807, 2.05) is 13.0 Å². The molecule has 0 saturated carbocycles. The Labute approximate surface area is 181 Å². The van der Waals surface area contributed by atoms with Crippen LogP contribution >= 0.6 is 0 Å². The summed E-state index contributed by atoms with van der Waals surface area (Å²) < 4.78 is 20.5. The van der Waals surface area contributed by atoms with Crippen molar-refractivity contribution in [3.8, 4) is 0 Å². The van der Waals surface area contributed by atoms with Gasteiger partial charge in [-0.05, 0) is 38.3 Å². The number of halogens is 1. The van der Waals surface area contributed by atoms with E-state index in [1.165, 1.54) is 0 Å². The quantitative estimate of drug-likeness (QED) is 0.782. The van der Waals surface area contributed by atoms with Gasteiger partial charge in [0.25, 0.3) is 0 Å². The summed E-state index contributed by atoms with van der Waals surface area (Å²) in [7, 11) is 0. The Morgan fingerprint density at radius 3 is 2.74 bits per heavy atom. The van der Waals surface area contributed by atoms with Crippen molar-refractivity contribution in [2.75, 3.05) is 24.6 Å². The average molecular weight is 426 g/mol. The molecule has 0 radical (unpaired) electrons. The van der Waals surface area contributed by atoms with Crippen molar-refractivity contribution in [1.29, 1.82) is 0 Å². The largest absolute Gasteiger partial charge is 0.390 e. The van der Waals surface area contributed by atoms with E-state index in [2.05, 4.69) is 9.89 Å². The first-order chi connectivity index (χ1) is 14.9. The number of piperidine rings is 1. The predicted octanol–water partition coefficient (Wildman–Crippen LogP) is 2.10. The summed E-state index contributed by atoms with van der Waals surface area (Å²) in [5, 5.41) is 10.0. The van der Waals surface area contributed by atoms with Crippen molar-refractivity contribution < 1.29 is 14.2 Å². The van der Waals surface area contributed by atoms with Crippen molar-refractivity contribution >= 4 is 11.5 Å². The molecule has 3 aliphatic rings. The van der Waals surface area contributed by atoms with Gasteiger partial charge in [-0.2, -0.15) is 0 Å². The zero-order chi connectivity index (χ0) is 21.8. The zero-order valence-corrected chi connectivity index (χ0v) is 17.9. The number of hydrogen-bond donors (Lipinski definition) is 2. The normalized spacial score (nSPS) is 24.5. The second-order valence-electron chi connectivity index (χ2n) is 8.94. The summed E-state index contributed by atoms with van der Waals surface area (Å²) in [6.45, 7) is 6.16. The number of hydrogen-bond acceptors (Lipinski definition) is 7. The second-order valence-corrected chi connectivity index (χ2v) is 8.94. The number of nitrogens with zero attached hydrogens (tertiary/aromatic N) is 4. The summed E-state index contributed by atoms with van der Waals surface area (Å²) in [5.41, 5.74) is 9.72. The number of aromatic nitrogens is 2. The SMILES string of the molecule is Cc1cccc(C2=NCc3nc(N4CCC5(CC4)CO[C@@H](C)[C@H]5N)c(CO)nc32)c1F. The van der Waals surface area contributed by atoms with Crippen LogP contribution in [0.4, 0.5) is 10.2 Å². The minimum atomic E-state index is -0.295. The molecule has 0 aliphatic carbocycles.